The number of benzene rings is 2. The number of anilines is 2. The zero-order valence-corrected chi connectivity index (χ0v) is 17.6. The summed E-state index contributed by atoms with van der Waals surface area (Å²) < 4.78 is 5.68. The van der Waals surface area contributed by atoms with Crippen molar-refractivity contribution in [1.29, 1.82) is 0 Å². The second-order valence-electron chi connectivity index (χ2n) is 6.05. The van der Waals surface area contributed by atoms with E-state index in [4.69, 9.17) is 4.74 Å². The third-order valence-corrected chi connectivity index (χ3v) is 4.55. The molecule has 2 aromatic carbocycles. The van der Waals surface area contributed by atoms with Crippen molar-refractivity contribution in [3.63, 3.8) is 0 Å². The molecule has 0 fully saturated rings. The van der Waals surface area contributed by atoms with Crippen molar-refractivity contribution in [1.82, 2.24) is 10.7 Å². The van der Waals surface area contributed by atoms with Crippen molar-refractivity contribution in [2.45, 2.75) is 13.8 Å². The zero-order chi connectivity index (χ0) is 20.5. The number of amides is 2. The summed E-state index contributed by atoms with van der Waals surface area (Å²) in [6.45, 7) is 4.68. The molecule has 0 atom stereocenters. The van der Waals surface area contributed by atoms with Gasteiger partial charge < -0.3 is 15.4 Å². The number of methoxy groups -OCH3 is 1. The molecule has 0 unspecified atom stereocenters. The SMILES string of the molecule is COCCNC(=O)C(=O)N/N=C\c1cc(Br)ccc1Nc1cccc(C)c1C. The van der Waals surface area contributed by atoms with Crippen LogP contribution in [0, 0.1) is 13.8 Å². The fourth-order valence-corrected chi connectivity index (χ4v) is 2.72. The summed E-state index contributed by atoms with van der Waals surface area (Å²) in [6, 6.07) is 11.7. The van der Waals surface area contributed by atoms with Gasteiger partial charge in [0, 0.05) is 35.1 Å². The first-order chi connectivity index (χ1) is 13.4. The molecule has 0 aromatic heterocycles. The van der Waals surface area contributed by atoms with E-state index in [-0.39, 0.29) is 6.54 Å². The van der Waals surface area contributed by atoms with Crippen LogP contribution in [-0.4, -0.2) is 38.3 Å². The number of carbonyl (C=O) groups is 2. The molecule has 0 bridgehead atoms. The highest BCUT2D eigenvalue weighted by molar-refractivity contribution is 9.10. The average molecular weight is 447 g/mol. The number of nitrogens with one attached hydrogen (secondary N) is 3. The van der Waals surface area contributed by atoms with Crippen LogP contribution < -0.4 is 16.1 Å². The summed E-state index contributed by atoms with van der Waals surface area (Å²) in [5, 5.41) is 9.71. The van der Waals surface area contributed by atoms with E-state index in [1.54, 1.807) is 0 Å². The molecule has 0 heterocycles. The Labute approximate surface area is 172 Å². The van der Waals surface area contributed by atoms with E-state index in [1.807, 2.05) is 37.3 Å². The van der Waals surface area contributed by atoms with E-state index < -0.39 is 11.8 Å². The van der Waals surface area contributed by atoms with Crippen LogP contribution in [0.15, 0.2) is 46.0 Å². The number of halogens is 1. The van der Waals surface area contributed by atoms with Gasteiger partial charge in [-0.15, -0.1) is 0 Å². The molecule has 3 N–H and O–H groups in total. The molecule has 0 spiro atoms. The second kappa shape index (κ2) is 10.6. The van der Waals surface area contributed by atoms with Crippen LogP contribution in [0.4, 0.5) is 11.4 Å². The molecule has 148 valence electrons. The van der Waals surface area contributed by atoms with E-state index in [2.05, 4.69) is 50.1 Å². The Morgan fingerprint density at radius 3 is 2.68 bits per heavy atom. The molecule has 2 aromatic rings. The molecule has 2 rings (SSSR count). The highest BCUT2D eigenvalue weighted by atomic mass is 79.9. The van der Waals surface area contributed by atoms with Crippen LogP contribution in [0.25, 0.3) is 0 Å². The number of hydrogen-bond donors (Lipinski definition) is 3. The monoisotopic (exact) mass is 446 g/mol. The van der Waals surface area contributed by atoms with Crippen molar-refractivity contribution in [3.05, 3.63) is 57.6 Å². The van der Waals surface area contributed by atoms with Crippen LogP contribution in [0.1, 0.15) is 16.7 Å². The number of hydrogen-bond acceptors (Lipinski definition) is 5. The van der Waals surface area contributed by atoms with Crippen molar-refractivity contribution >= 4 is 45.3 Å². The minimum atomic E-state index is -0.841. The third-order valence-electron chi connectivity index (χ3n) is 4.06. The number of hydrazone groups is 1. The number of aryl methyl sites for hydroxylation is 1. The summed E-state index contributed by atoms with van der Waals surface area (Å²) in [5.41, 5.74) is 7.10. The van der Waals surface area contributed by atoms with Crippen molar-refractivity contribution < 1.29 is 14.3 Å². The lowest BCUT2D eigenvalue weighted by atomic mass is 10.1. The largest absolute Gasteiger partial charge is 0.383 e. The van der Waals surface area contributed by atoms with Crippen LogP contribution in [0.2, 0.25) is 0 Å². The van der Waals surface area contributed by atoms with Gasteiger partial charge in [-0.3, -0.25) is 9.59 Å². The second-order valence-corrected chi connectivity index (χ2v) is 6.97. The molecule has 0 aliphatic carbocycles. The van der Waals surface area contributed by atoms with Crippen molar-refractivity contribution in [3.8, 4) is 0 Å². The number of ether oxygens (including phenoxy) is 1. The number of rotatable bonds is 7. The van der Waals surface area contributed by atoms with Crippen LogP contribution >= 0.6 is 15.9 Å². The molecule has 7 nitrogen and oxygen atoms in total. The maximum Gasteiger partial charge on any atom is 0.329 e. The summed E-state index contributed by atoms with van der Waals surface area (Å²) in [7, 11) is 1.51. The van der Waals surface area contributed by atoms with Gasteiger partial charge in [0.2, 0.25) is 0 Å². The highest BCUT2D eigenvalue weighted by Gasteiger charge is 2.11. The average Bonchev–Trinajstić information content (AvgIpc) is 2.67. The summed E-state index contributed by atoms with van der Waals surface area (Å²) in [4.78, 5) is 23.4. The first-order valence-corrected chi connectivity index (χ1v) is 9.44. The standard InChI is InChI=1S/C20H23BrN4O3/c1-13-5-4-6-17(14(13)2)24-18-8-7-16(21)11-15(18)12-23-25-20(27)19(26)22-9-10-28-3/h4-8,11-12,24H,9-10H2,1-3H3,(H,22,26)(H,25,27)/b23-12-. The van der Waals surface area contributed by atoms with Gasteiger partial charge in [0.25, 0.3) is 0 Å². The molecule has 0 aliphatic heterocycles. The molecule has 28 heavy (non-hydrogen) atoms. The van der Waals surface area contributed by atoms with Crippen LogP contribution in [0.3, 0.4) is 0 Å². The van der Waals surface area contributed by atoms with Gasteiger partial charge in [-0.2, -0.15) is 5.10 Å². The molecular formula is C20H23BrN4O3. The lowest BCUT2D eigenvalue weighted by Gasteiger charge is -2.13. The minimum Gasteiger partial charge on any atom is -0.383 e. The topological polar surface area (TPSA) is 91.8 Å². The normalized spacial score (nSPS) is 10.7. The van der Waals surface area contributed by atoms with Gasteiger partial charge in [0.05, 0.1) is 12.8 Å². The van der Waals surface area contributed by atoms with Crippen molar-refractivity contribution in [2.75, 3.05) is 25.6 Å². The predicted molar refractivity (Wildman–Crippen MR) is 114 cm³/mol. The van der Waals surface area contributed by atoms with E-state index in [0.717, 1.165) is 27.0 Å². The Morgan fingerprint density at radius 2 is 1.93 bits per heavy atom. The van der Waals surface area contributed by atoms with Gasteiger partial charge in [0.15, 0.2) is 0 Å². The van der Waals surface area contributed by atoms with E-state index >= 15 is 0 Å². The molecule has 0 saturated carbocycles. The number of nitrogens with zero attached hydrogens (tertiary/aromatic N) is 1. The van der Waals surface area contributed by atoms with E-state index in [9.17, 15) is 9.59 Å². The van der Waals surface area contributed by atoms with E-state index in [1.165, 1.54) is 18.9 Å². The Kier molecular flexibility index (Phi) is 8.16. The summed E-state index contributed by atoms with van der Waals surface area (Å²) >= 11 is 3.43. The molecular weight excluding hydrogens is 424 g/mol. The molecule has 0 aliphatic rings. The van der Waals surface area contributed by atoms with Gasteiger partial charge in [-0.25, -0.2) is 5.43 Å². The van der Waals surface area contributed by atoms with Gasteiger partial charge >= 0.3 is 11.8 Å². The molecule has 2 amide bonds. The van der Waals surface area contributed by atoms with Gasteiger partial charge in [-0.1, -0.05) is 28.1 Å². The Hall–Kier alpha value is -2.71. The smallest absolute Gasteiger partial charge is 0.329 e. The third kappa shape index (κ3) is 6.17. The van der Waals surface area contributed by atoms with Crippen LogP contribution in [-0.2, 0) is 14.3 Å². The van der Waals surface area contributed by atoms with Gasteiger partial charge in [0.1, 0.15) is 0 Å². The molecule has 8 heteroatoms. The first kappa shape index (κ1) is 21.6. The lowest BCUT2D eigenvalue weighted by Crippen LogP contribution is -2.39. The summed E-state index contributed by atoms with van der Waals surface area (Å²) in [5.74, 6) is -1.61. The maximum atomic E-state index is 11.7. The lowest BCUT2D eigenvalue weighted by molar-refractivity contribution is -0.139. The molecule has 0 radical (unpaired) electrons. The first-order valence-electron chi connectivity index (χ1n) is 8.65. The van der Waals surface area contributed by atoms with Crippen LogP contribution in [0.5, 0.6) is 0 Å². The highest BCUT2D eigenvalue weighted by Crippen LogP contribution is 2.26. The fourth-order valence-electron chi connectivity index (χ4n) is 2.34. The fraction of sp³-hybridized carbons (Fsp3) is 0.250. The Balaban J connectivity index is 2.09. The van der Waals surface area contributed by atoms with Crippen molar-refractivity contribution in [2.24, 2.45) is 5.10 Å². The Morgan fingerprint density at radius 1 is 1.14 bits per heavy atom. The molecule has 0 saturated heterocycles. The quantitative estimate of drug-likeness (QED) is 0.263. The maximum absolute atomic E-state index is 11.7. The van der Waals surface area contributed by atoms with E-state index in [0.29, 0.717) is 6.61 Å². The predicted octanol–water partition coefficient (Wildman–Crippen LogP) is 3.02. The van der Waals surface area contributed by atoms with Gasteiger partial charge in [-0.05, 0) is 49.2 Å². The minimum absolute atomic E-state index is 0.252. The summed E-state index contributed by atoms with van der Waals surface area (Å²) in [6.07, 6.45) is 1.48. The Bertz CT molecular complexity index is 884. The zero-order valence-electron chi connectivity index (χ0n) is 16.0. The number of carbonyl (C=O) groups excluding carboxylic acids is 2.